The van der Waals surface area contributed by atoms with Crippen LogP contribution >= 0.6 is 11.3 Å². The van der Waals surface area contributed by atoms with Crippen LogP contribution in [-0.4, -0.2) is 42.0 Å². The van der Waals surface area contributed by atoms with Crippen molar-refractivity contribution in [2.45, 2.75) is 12.6 Å². The zero-order valence-electron chi connectivity index (χ0n) is 16.9. The van der Waals surface area contributed by atoms with Crippen LogP contribution in [0.5, 0.6) is 0 Å². The largest absolute Gasteiger partial charge is 0.416 e. The lowest BCUT2D eigenvalue weighted by Crippen LogP contribution is -2.49. The fraction of sp³-hybridized carbons (Fsp3) is 0.273. The molecular formula is C22H20F4N4OS. The van der Waals surface area contributed by atoms with Gasteiger partial charge in [0.1, 0.15) is 5.82 Å². The number of piperazine rings is 1. The molecule has 0 atom stereocenters. The Bertz CT molecular complexity index is 1090. The molecule has 1 amide bonds. The van der Waals surface area contributed by atoms with Crippen LogP contribution < -0.4 is 10.2 Å². The second-order valence-corrected chi connectivity index (χ2v) is 8.20. The average Bonchev–Trinajstić information content (AvgIpc) is 3.20. The molecule has 1 aliphatic heterocycles. The Hall–Kier alpha value is -3.14. The van der Waals surface area contributed by atoms with E-state index in [1.54, 1.807) is 28.5 Å². The van der Waals surface area contributed by atoms with E-state index in [1.165, 1.54) is 29.5 Å². The SMILES string of the molecule is O=C(Cc1csc(Nc2cccc(C(F)(F)F)c2)n1)N1CCN(c2ccccc2F)CC1. The Labute approximate surface area is 186 Å². The van der Waals surface area contributed by atoms with Gasteiger partial charge in [0.15, 0.2) is 5.13 Å². The molecule has 2 heterocycles. The minimum absolute atomic E-state index is 0.0888. The molecule has 1 N–H and O–H groups in total. The van der Waals surface area contributed by atoms with E-state index in [9.17, 15) is 22.4 Å². The summed E-state index contributed by atoms with van der Waals surface area (Å²) < 4.78 is 52.6. The summed E-state index contributed by atoms with van der Waals surface area (Å²) in [6, 6.07) is 11.4. The minimum atomic E-state index is -4.42. The number of alkyl halides is 3. The number of benzene rings is 2. The molecule has 4 rings (SSSR count). The average molecular weight is 464 g/mol. The summed E-state index contributed by atoms with van der Waals surface area (Å²) in [5, 5.41) is 4.98. The summed E-state index contributed by atoms with van der Waals surface area (Å²) >= 11 is 1.22. The number of nitrogens with zero attached hydrogens (tertiary/aromatic N) is 3. The van der Waals surface area contributed by atoms with E-state index in [4.69, 9.17) is 0 Å². The first-order chi connectivity index (χ1) is 15.3. The molecule has 0 bridgehead atoms. The molecule has 10 heteroatoms. The van der Waals surface area contributed by atoms with Gasteiger partial charge in [0.25, 0.3) is 0 Å². The predicted molar refractivity (Wildman–Crippen MR) is 116 cm³/mol. The van der Waals surface area contributed by atoms with E-state index in [2.05, 4.69) is 10.3 Å². The van der Waals surface area contributed by atoms with Gasteiger partial charge < -0.3 is 15.1 Å². The molecule has 0 radical (unpaired) electrons. The normalized spacial score (nSPS) is 14.5. The van der Waals surface area contributed by atoms with E-state index >= 15 is 0 Å². The van der Waals surface area contributed by atoms with Crippen molar-refractivity contribution in [3.8, 4) is 0 Å². The lowest BCUT2D eigenvalue weighted by atomic mass is 10.2. The maximum Gasteiger partial charge on any atom is 0.416 e. The highest BCUT2D eigenvalue weighted by Gasteiger charge is 2.30. The Morgan fingerprint density at radius 1 is 1.06 bits per heavy atom. The van der Waals surface area contributed by atoms with Gasteiger partial charge in [-0.05, 0) is 30.3 Å². The van der Waals surface area contributed by atoms with Crippen molar-refractivity contribution < 1.29 is 22.4 Å². The van der Waals surface area contributed by atoms with Gasteiger partial charge in [-0.15, -0.1) is 11.3 Å². The molecule has 168 valence electrons. The fourth-order valence-electron chi connectivity index (χ4n) is 3.51. The Balaban J connectivity index is 1.32. The number of nitrogens with one attached hydrogen (secondary N) is 1. The van der Waals surface area contributed by atoms with Crippen molar-refractivity contribution in [3.05, 3.63) is 71.0 Å². The molecule has 0 unspecified atom stereocenters. The van der Waals surface area contributed by atoms with Gasteiger partial charge in [-0.1, -0.05) is 18.2 Å². The monoisotopic (exact) mass is 464 g/mol. The van der Waals surface area contributed by atoms with Gasteiger partial charge in [-0.2, -0.15) is 13.2 Å². The molecular weight excluding hydrogens is 444 g/mol. The van der Waals surface area contributed by atoms with Crippen LogP contribution in [0.25, 0.3) is 0 Å². The second-order valence-electron chi connectivity index (χ2n) is 7.34. The lowest BCUT2D eigenvalue weighted by molar-refractivity contribution is -0.137. The van der Waals surface area contributed by atoms with Crippen LogP contribution in [0.3, 0.4) is 0 Å². The maximum atomic E-state index is 14.0. The van der Waals surface area contributed by atoms with E-state index < -0.39 is 11.7 Å². The molecule has 0 aliphatic carbocycles. The molecule has 1 saturated heterocycles. The molecule has 0 saturated carbocycles. The topological polar surface area (TPSA) is 48.5 Å². The number of halogens is 4. The molecule has 5 nitrogen and oxygen atoms in total. The van der Waals surface area contributed by atoms with Crippen LogP contribution in [0.2, 0.25) is 0 Å². The number of rotatable bonds is 5. The van der Waals surface area contributed by atoms with Crippen molar-refractivity contribution >= 4 is 33.8 Å². The van der Waals surface area contributed by atoms with Crippen molar-refractivity contribution in [1.82, 2.24) is 9.88 Å². The summed E-state index contributed by atoms with van der Waals surface area (Å²) in [4.78, 5) is 20.6. The van der Waals surface area contributed by atoms with Crippen molar-refractivity contribution in [3.63, 3.8) is 0 Å². The molecule has 0 spiro atoms. The third-order valence-electron chi connectivity index (χ3n) is 5.15. The minimum Gasteiger partial charge on any atom is -0.366 e. The van der Waals surface area contributed by atoms with Crippen molar-refractivity contribution in [2.24, 2.45) is 0 Å². The molecule has 1 aromatic heterocycles. The Kier molecular flexibility index (Phi) is 6.31. The second kappa shape index (κ2) is 9.15. The molecule has 1 fully saturated rings. The van der Waals surface area contributed by atoms with Crippen LogP contribution in [0.4, 0.5) is 34.1 Å². The van der Waals surface area contributed by atoms with Gasteiger partial charge in [-0.3, -0.25) is 4.79 Å². The van der Waals surface area contributed by atoms with Gasteiger partial charge in [0.05, 0.1) is 23.4 Å². The van der Waals surface area contributed by atoms with E-state index in [1.807, 2.05) is 4.90 Å². The predicted octanol–water partition coefficient (Wildman–Crippen LogP) is 4.94. The highest BCUT2D eigenvalue weighted by molar-refractivity contribution is 7.13. The standard InChI is InChI=1S/C22H20F4N4OS/c23-18-6-1-2-7-19(18)29-8-10-30(11-9-29)20(31)13-17-14-32-21(28-17)27-16-5-3-4-15(12-16)22(24,25)26/h1-7,12,14H,8-11,13H2,(H,27,28). The quantitative estimate of drug-likeness (QED) is 0.544. The van der Waals surface area contributed by atoms with E-state index in [0.29, 0.717) is 42.7 Å². The molecule has 2 aromatic carbocycles. The lowest BCUT2D eigenvalue weighted by Gasteiger charge is -2.36. The van der Waals surface area contributed by atoms with Gasteiger partial charge in [-0.25, -0.2) is 9.37 Å². The number of carbonyl (C=O) groups excluding carboxylic acids is 1. The van der Waals surface area contributed by atoms with Crippen LogP contribution in [0.1, 0.15) is 11.3 Å². The van der Waals surface area contributed by atoms with Gasteiger partial charge in [0, 0.05) is 37.2 Å². The van der Waals surface area contributed by atoms with Gasteiger partial charge in [0.2, 0.25) is 5.91 Å². The molecule has 32 heavy (non-hydrogen) atoms. The third kappa shape index (κ3) is 5.18. The van der Waals surface area contributed by atoms with E-state index in [-0.39, 0.29) is 23.8 Å². The number of hydrogen-bond donors (Lipinski definition) is 1. The summed E-state index contributed by atoms with van der Waals surface area (Å²) in [6.07, 6.45) is -4.32. The first-order valence-corrected chi connectivity index (χ1v) is 10.8. The molecule has 3 aromatic rings. The number of amides is 1. The number of aromatic nitrogens is 1. The van der Waals surface area contributed by atoms with Gasteiger partial charge >= 0.3 is 6.18 Å². The number of hydrogen-bond acceptors (Lipinski definition) is 5. The zero-order valence-corrected chi connectivity index (χ0v) is 17.7. The highest BCUT2D eigenvalue weighted by atomic mass is 32.1. The number of anilines is 3. The number of thiazole rings is 1. The zero-order chi connectivity index (χ0) is 22.7. The van der Waals surface area contributed by atoms with Crippen LogP contribution in [0.15, 0.2) is 53.9 Å². The van der Waals surface area contributed by atoms with Crippen LogP contribution in [0, 0.1) is 5.82 Å². The maximum absolute atomic E-state index is 14.0. The van der Waals surface area contributed by atoms with Crippen LogP contribution in [-0.2, 0) is 17.4 Å². The van der Waals surface area contributed by atoms with Crippen molar-refractivity contribution in [1.29, 1.82) is 0 Å². The first-order valence-electron chi connectivity index (χ1n) is 9.95. The summed E-state index contributed by atoms with van der Waals surface area (Å²) in [5.74, 6) is -0.371. The smallest absolute Gasteiger partial charge is 0.366 e. The Morgan fingerprint density at radius 2 is 1.81 bits per heavy atom. The number of carbonyl (C=O) groups is 1. The summed E-state index contributed by atoms with van der Waals surface area (Å²) in [6.45, 7) is 2.03. The summed E-state index contributed by atoms with van der Waals surface area (Å²) in [5.41, 5.74) is 0.607. The Morgan fingerprint density at radius 3 is 2.53 bits per heavy atom. The molecule has 1 aliphatic rings. The van der Waals surface area contributed by atoms with E-state index in [0.717, 1.165) is 12.1 Å². The summed E-state index contributed by atoms with van der Waals surface area (Å²) in [7, 11) is 0. The third-order valence-corrected chi connectivity index (χ3v) is 5.96. The van der Waals surface area contributed by atoms with Crippen molar-refractivity contribution in [2.75, 3.05) is 36.4 Å². The first kappa shape index (κ1) is 22.1. The number of para-hydroxylation sites is 1. The fourth-order valence-corrected chi connectivity index (χ4v) is 4.24. The highest BCUT2D eigenvalue weighted by Crippen LogP contribution is 2.32.